The summed E-state index contributed by atoms with van der Waals surface area (Å²) >= 11 is 3.71. The molecule has 0 aliphatic carbocycles. The highest BCUT2D eigenvalue weighted by atomic mass is 79.9. The zero-order chi connectivity index (χ0) is 13.0. The Hall–Kier alpha value is -0.380. The van der Waals surface area contributed by atoms with Gasteiger partial charge in [0.15, 0.2) is 0 Å². The molecule has 1 aromatic rings. The first-order valence-corrected chi connectivity index (χ1v) is 7.72. The van der Waals surface area contributed by atoms with Gasteiger partial charge in [0.05, 0.1) is 0 Å². The topological polar surface area (TPSA) is 15.3 Å². The van der Waals surface area contributed by atoms with Gasteiger partial charge in [-0.25, -0.2) is 0 Å². The number of hydrogen-bond acceptors (Lipinski definition) is 2. The molecule has 1 heterocycles. The zero-order valence-corrected chi connectivity index (χ0v) is 13.0. The summed E-state index contributed by atoms with van der Waals surface area (Å²) in [6, 6.07) is 7.49. The molecule has 0 aromatic heterocycles. The minimum absolute atomic E-state index is 0.735. The second-order valence-corrected chi connectivity index (χ2v) is 6.02. The predicted octanol–water partition coefficient (Wildman–Crippen LogP) is 3.54. The van der Waals surface area contributed by atoms with Crippen LogP contribution >= 0.6 is 15.9 Å². The van der Waals surface area contributed by atoms with Gasteiger partial charge in [0.25, 0.3) is 0 Å². The van der Waals surface area contributed by atoms with Gasteiger partial charge in [-0.1, -0.05) is 35.0 Å². The van der Waals surface area contributed by atoms with Gasteiger partial charge in [0.1, 0.15) is 0 Å². The quantitative estimate of drug-likeness (QED) is 0.895. The van der Waals surface area contributed by atoms with E-state index in [2.05, 4.69) is 58.2 Å². The molecule has 1 unspecified atom stereocenters. The van der Waals surface area contributed by atoms with Crippen molar-refractivity contribution in [3.63, 3.8) is 0 Å². The van der Waals surface area contributed by atoms with E-state index in [-0.39, 0.29) is 0 Å². The highest BCUT2D eigenvalue weighted by molar-refractivity contribution is 9.10. The molecule has 100 valence electrons. The van der Waals surface area contributed by atoms with Crippen LogP contribution in [0.15, 0.2) is 22.7 Å². The third-order valence-corrected chi connectivity index (χ3v) is 4.50. The fraction of sp³-hybridized carbons (Fsp3) is 0.600. The first-order chi connectivity index (χ1) is 8.70. The van der Waals surface area contributed by atoms with Gasteiger partial charge in [-0.15, -0.1) is 0 Å². The van der Waals surface area contributed by atoms with E-state index < -0.39 is 0 Å². The number of halogens is 1. The highest BCUT2D eigenvalue weighted by Crippen LogP contribution is 2.24. The average molecular weight is 311 g/mol. The van der Waals surface area contributed by atoms with Crippen LogP contribution in [-0.4, -0.2) is 24.0 Å². The first-order valence-electron chi connectivity index (χ1n) is 6.92. The number of rotatable bonds is 5. The van der Waals surface area contributed by atoms with Gasteiger partial charge in [-0.05, 0) is 50.0 Å². The van der Waals surface area contributed by atoms with Gasteiger partial charge < -0.3 is 5.32 Å². The number of nitrogens with zero attached hydrogens (tertiary/aromatic N) is 1. The Bertz CT molecular complexity index is 392. The Balaban J connectivity index is 2.00. The summed E-state index contributed by atoms with van der Waals surface area (Å²) in [5.74, 6) is 0. The molecule has 18 heavy (non-hydrogen) atoms. The number of likely N-dealkylation sites (tertiary alicyclic amines) is 1. The second-order valence-electron chi connectivity index (χ2n) is 5.17. The molecule has 1 aliphatic heterocycles. The van der Waals surface area contributed by atoms with Gasteiger partial charge in [-0.3, -0.25) is 4.90 Å². The summed E-state index contributed by atoms with van der Waals surface area (Å²) in [5.41, 5.74) is 2.76. The molecule has 1 fully saturated rings. The van der Waals surface area contributed by atoms with Crippen LogP contribution in [0.5, 0.6) is 0 Å². The van der Waals surface area contributed by atoms with E-state index in [1.54, 1.807) is 0 Å². The van der Waals surface area contributed by atoms with E-state index >= 15 is 0 Å². The average Bonchev–Trinajstić information content (AvgIpc) is 2.75. The third-order valence-electron chi connectivity index (χ3n) is 3.76. The Labute approximate surface area is 119 Å². The van der Waals surface area contributed by atoms with E-state index in [1.807, 2.05) is 0 Å². The summed E-state index contributed by atoms with van der Waals surface area (Å²) in [7, 11) is 0. The molecule has 1 aromatic carbocycles. The predicted molar refractivity (Wildman–Crippen MR) is 80.6 cm³/mol. The first kappa shape index (κ1) is 14.0. The van der Waals surface area contributed by atoms with Gasteiger partial charge in [-0.2, -0.15) is 0 Å². The van der Waals surface area contributed by atoms with E-state index in [0.717, 1.165) is 25.7 Å². The summed E-state index contributed by atoms with van der Waals surface area (Å²) < 4.78 is 1.25. The van der Waals surface area contributed by atoms with Gasteiger partial charge in [0.2, 0.25) is 0 Å². The van der Waals surface area contributed by atoms with Crippen LogP contribution in [0.2, 0.25) is 0 Å². The van der Waals surface area contributed by atoms with Crippen molar-refractivity contribution in [2.24, 2.45) is 0 Å². The number of benzene rings is 1. The Morgan fingerprint density at radius 2 is 2.28 bits per heavy atom. The lowest BCUT2D eigenvalue weighted by molar-refractivity contribution is 0.260. The van der Waals surface area contributed by atoms with E-state index in [1.165, 1.54) is 35.0 Å². The van der Waals surface area contributed by atoms with Crippen LogP contribution in [-0.2, 0) is 13.1 Å². The minimum atomic E-state index is 0.735. The molecule has 2 nitrogen and oxygen atoms in total. The molecule has 0 radical (unpaired) electrons. The Kier molecular flexibility index (Phi) is 5.22. The Morgan fingerprint density at radius 3 is 2.89 bits per heavy atom. The van der Waals surface area contributed by atoms with Gasteiger partial charge in [0, 0.05) is 23.6 Å². The summed E-state index contributed by atoms with van der Waals surface area (Å²) in [5, 5.41) is 3.36. The highest BCUT2D eigenvalue weighted by Gasteiger charge is 2.20. The molecule has 1 atom stereocenters. The monoisotopic (exact) mass is 310 g/mol. The van der Waals surface area contributed by atoms with E-state index in [9.17, 15) is 0 Å². The lowest BCUT2D eigenvalue weighted by Crippen LogP contribution is -2.26. The van der Waals surface area contributed by atoms with Crippen molar-refractivity contribution in [2.45, 2.75) is 45.8 Å². The van der Waals surface area contributed by atoms with Crippen molar-refractivity contribution in [1.82, 2.24) is 10.2 Å². The van der Waals surface area contributed by atoms with Crippen LogP contribution < -0.4 is 5.32 Å². The van der Waals surface area contributed by atoms with E-state index in [0.29, 0.717) is 0 Å². The van der Waals surface area contributed by atoms with Gasteiger partial charge >= 0.3 is 0 Å². The SMILES string of the molecule is CCNCc1ccc(CN2CCCC2C)c(Br)c1. The lowest BCUT2D eigenvalue weighted by Gasteiger charge is -2.21. The lowest BCUT2D eigenvalue weighted by atomic mass is 10.1. The number of nitrogens with one attached hydrogen (secondary N) is 1. The van der Waals surface area contributed by atoms with Crippen LogP contribution in [0.25, 0.3) is 0 Å². The molecular weight excluding hydrogens is 288 g/mol. The molecule has 0 bridgehead atoms. The molecule has 1 saturated heterocycles. The van der Waals surface area contributed by atoms with Crippen LogP contribution in [0.1, 0.15) is 37.8 Å². The molecular formula is C15H23BrN2. The van der Waals surface area contributed by atoms with Crippen LogP contribution in [0.4, 0.5) is 0 Å². The van der Waals surface area contributed by atoms with Crippen LogP contribution in [0.3, 0.4) is 0 Å². The van der Waals surface area contributed by atoms with Crippen molar-refractivity contribution in [3.8, 4) is 0 Å². The summed E-state index contributed by atoms with van der Waals surface area (Å²) in [6.45, 7) is 8.76. The maximum atomic E-state index is 3.71. The van der Waals surface area contributed by atoms with Crippen molar-refractivity contribution in [3.05, 3.63) is 33.8 Å². The van der Waals surface area contributed by atoms with Crippen LogP contribution in [0, 0.1) is 0 Å². The molecule has 2 rings (SSSR count). The fourth-order valence-electron chi connectivity index (χ4n) is 2.54. The number of hydrogen-bond donors (Lipinski definition) is 1. The molecule has 3 heteroatoms. The molecule has 1 N–H and O–H groups in total. The maximum absolute atomic E-state index is 3.71. The van der Waals surface area contributed by atoms with Crippen molar-refractivity contribution < 1.29 is 0 Å². The normalized spacial score (nSPS) is 20.5. The van der Waals surface area contributed by atoms with Crippen molar-refractivity contribution in [1.29, 1.82) is 0 Å². The summed E-state index contributed by atoms with van der Waals surface area (Å²) in [4.78, 5) is 2.57. The third kappa shape index (κ3) is 3.56. The molecule has 0 saturated carbocycles. The molecule has 1 aliphatic rings. The fourth-order valence-corrected chi connectivity index (χ4v) is 3.10. The smallest absolute Gasteiger partial charge is 0.0247 e. The maximum Gasteiger partial charge on any atom is 0.0247 e. The van der Waals surface area contributed by atoms with Crippen molar-refractivity contribution in [2.75, 3.05) is 13.1 Å². The molecule has 0 amide bonds. The largest absolute Gasteiger partial charge is 0.313 e. The zero-order valence-electron chi connectivity index (χ0n) is 11.4. The summed E-state index contributed by atoms with van der Waals surface area (Å²) in [6.07, 6.45) is 2.69. The second kappa shape index (κ2) is 6.69. The van der Waals surface area contributed by atoms with Crippen molar-refractivity contribution >= 4 is 15.9 Å². The standard InChI is InChI=1S/C15H23BrN2/c1-3-17-10-13-6-7-14(15(16)9-13)11-18-8-4-5-12(18)2/h6-7,9,12,17H,3-5,8,10-11H2,1-2H3. The minimum Gasteiger partial charge on any atom is -0.313 e. The van der Waals surface area contributed by atoms with E-state index in [4.69, 9.17) is 0 Å². The molecule has 0 spiro atoms. The Morgan fingerprint density at radius 1 is 1.44 bits per heavy atom.